The molecule has 0 unspecified atom stereocenters. The van der Waals surface area contributed by atoms with Crippen molar-refractivity contribution in [1.29, 1.82) is 0 Å². The minimum absolute atomic E-state index is 0.544. The van der Waals surface area contributed by atoms with E-state index in [1.54, 1.807) is 0 Å². The number of aryl methyl sites for hydroxylation is 1. The Labute approximate surface area is 154 Å². The summed E-state index contributed by atoms with van der Waals surface area (Å²) in [7, 11) is 0. The molecule has 0 saturated carbocycles. The van der Waals surface area contributed by atoms with Gasteiger partial charge in [-0.25, -0.2) is 4.99 Å². The number of aromatic nitrogens is 3. The van der Waals surface area contributed by atoms with Crippen LogP contribution in [0, 0.1) is 0 Å². The molecule has 140 valence electrons. The summed E-state index contributed by atoms with van der Waals surface area (Å²) in [6, 6.07) is 9.88. The molecule has 1 aromatic heterocycles. The van der Waals surface area contributed by atoms with E-state index in [1.165, 1.54) is 12.8 Å². The largest absolute Gasteiger partial charge is 0.494 e. The number of guanidine groups is 1. The van der Waals surface area contributed by atoms with Crippen molar-refractivity contribution in [3.63, 3.8) is 0 Å². The zero-order chi connectivity index (χ0) is 18.0. The highest BCUT2D eigenvalue weighted by Crippen LogP contribution is 2.14. The second kappa shape index (κ2) is 9.79. The fourth-order valence-corrected chi connectivity index (χ4v) is 2.96. The molecule has 2 heterocycles. The maximum atomic E-state index is 5.71. The monoisotopic (exact) mass is 356 g/mol. The van der Waals surface area contributed by atoms with Crippen molar-refractivity contribution in [2.75, 3.05) is 19.7 Å². The summed E-state index contributed by atoms with van der Waals surface area (Å²) >= 11 is 0. The Kier molecular flexibility index (Phi) is 6.87. The maximum absolute atomic E-state index is 5.71. The highest BCUT2D eigenvalue weighted by atomic mass is 16.5. The van der Waals surface area contributed by atoms with Crippen LogP contribution in [0.25, 0.3) is 0 Å². The van der Waals surface area contributed by atoms with Crippen molar-refractivity contribution < 1.29 is 4.74 Å². The van der Waals surface area contributed by atoms with Crippen LogP contribution < -0.4 is 15.4 Å². The predicted octanol–water partition coefficient (Wildman–Crippen LogP) is 2.14. The summed E-state index contributed by atoms with van der Waals surface area (Å²) in [6.07, 6.45) is 4.33. The molecule has 0 spiro atoms. The third-order valence-corrected chi connectivity index (χ3v) is 4.28. The number of para-hydroxylation sites is 1. The molecule has 7 heteroatoms. The highest BCUT2D eigenvalue weighted by Gasteiger charge is 2.15. The van der Waals surface area contributed by atoms with Gasteiger partial charge in [0.05, 0.1) is 6.61 Å². The third kappa shape index (κ3) is 5.21. The Morgan fingerprint density at radius 2 is 2.08 bits per heavy atom. The van der Waals surface area contributed by atoms with Gasteiger partial charge in [0.2, 0.25) is 0 Å². The minimum Gasteiger partial charge on any atom is -0.494 e. The van der Waals surface area contributed by atoms with Gasteiger partial charge in [0.25, 0.3) is 0 Å². The average molecular weight is 356 g/mol. The SMILES string of the molecule is CCNC(=NCc1nnc2n1CCCC2)NCCCOc1ccccc1. The van der Waals surface area contributed by atoms with E-state index in [1.807, 2.05) is 30.3 Å². The van der Waals surface area contributed by atoms with Gasteiger partial charge < -0.3 is 19.9 Å². The number of fused-ring (bicyclic) bond motifs is 1. The van der Waals surface area contributed by atoms with Crippen LogP contribution in [0.1, 0.15) is 37.8 Å². The van der Waals surface area contributed by atoms with Crippen LogP contribution in [0.2, 0.25) is 0 Å². The third-order valence-electron chi connectivity index (χ3n) is 4.28. The number of benzene rings is 1. The standard InChI is InChI=1S/C19H28N6O/c1-2-20-19(21-12-8-14-26-16-9-4-3-5-10-16)22-15-18-24-23-17-11-6-7-13-25(17)18/h3-5,9-10H,2,6-8,11-15H2,1H3,(H2,20,21,22). The quantitative estimate of drug-likeness (QED) is 0.430. The topological polar surface area (TPSA) is 76.4 Å². The van der Waals surface area contributed by atoms with Crippen LogP contribution in [-0.4, -0.2) is 40.4 Å². The smallest absolute Gasteiger partial charge is 0.191 e. The first-order chi connectivity index (χ1) is 12.9. The van der Waals surface area contributed by atoms with E-state index in [0.717, 1.165) is 55.8 Å². The Morgan fingerprint density at radius 3 is 2.92 bits per heavy atom. The summed E-state index contributed by atoms with van der Waals surface area (Å²) in [5.74, 6) is 3.76. The normalized spacial score (nSPS) is 14.0. The molecule has 3 rings (SSSR count). The number of rotatable bonds is 8. The lowest BCUT2D eigenvalue weighted by Gasteiger charge is -2.14. The summed E-state index contributed by atoms with van der Waals surface area (Å²) in [6.45, 7) is 5.92. The number of nitrogens with one attached hydrogen (secondary N) is 2. The first-order valence-corrected chi connectivity index (χ1v) is 9.48. The zero-order valence-corrected chi connectivity index (χ0v) is 15.4. The molecule has 2 aromatic rings. The second-order valence-corrected chi connectivity index (χ2v) is 6.28. The van der Waals surface area contributed by atoms with Gasteiger partial charge in [0.1, 0.15) is 18.1 Å². The van der Waals surface area contributed by atoms with Gasteiger partial charge in [-0.1, -0.05) is 18.2 Å². The zero-order valence-electron chi connectivity index (χ0n) is 15.4. The number of aliphatic imine (C=N–C) groups is 1. The van der Waals surface area contributed by atoms with Crippen molar-refractivity contribution in [3.05, 3.63) is 42.0 Å². The molecule has 7 nitrogen and oxygen atoms in total. The Morgan fingerprint density at radius 1 is 1.19 bits per heavy atom. The lowest BCUT2D eigenvalue weighted by atomic mass is 10.2. The Hall–Kier alpha value is -2.57. The van der Waals surface area contributed by atoms with Crippen molar-refractivity contribution in [3.8, 4) is 5.75 Å². The van der Waals surface area contributed by atoms with Crippen LogP contribution in [0.3, 0.4) is 0 Å². The van der Waals surface area contributed by atoms with Crippen LogP contribution in [0.15, 0.2) is 35.3 Å². The average Bonchev–Trinajstić information content (AvgIpc) is 3.10. The molecule has 0 atom stereocenters. The molecule has 0 radical (unpaired) electrons. The van der Waals surface area contributed by atoms with Crippen molar-refractivity contribution in [2.24, 2.45) is 4.99 Å². The molecule has 2 N–H and O–H groups in total. The van der Waals surface area contributed by atoms with E-state index in [0.29, 0.717) is 13.2 Å². The number of nitrogens with zero attached hydrogens (tertiary/aromatic N) is 4. The van der Waals surface area contributed by atoms with E-state index in [4.69, 9.17) is 4.74 Å². The van der Waals surface area contributed by atoms with Crippen molar-refractivity contribution in [2.45, 2.75) is 45.7 Å². The lowest BCUT2D eigenvalue weighted by Crippen LogP contribution is -2.38. The van der Waals surface area contributed by atoms with Crippen molar-refractivity contribution >= 4 is 5.96 Å². The van der Waals surface area contributed by atoms with Gasteiger partial charge >= 0.3 is 0 Å². The second-order valence-electron chi connectivity index (χ2n) is 6.28. The molecule has 0 fully saturated rings. The maximum Gasteiger partial charge on any atom is 0.191 e. The van der Waals surface area contributed by atoms with Gasteiger partial charge in [-0.2, -0.15) is 0 Å². The summed E-state index contributed by atoms with van der Waals surface area (Å²) in [5, 5.41) is 15.2. The first-order valence-electron chi connectivity index (χ1n) is 9.48. The van der Waals surface area contributed by atoms with Gasteiger partial charge in [-0.3, -0.25) is 0 Å². The van der Waals surface area contributed by atoms with Crippen LogP contribution >= 0.6 is 0 Å². The molecule has 1 aliphatic heterocycles. The van der Waals surface area contributed by atoms with E-state index in [-0.39, 0.29) is 0 Å². The number of ether oxygens (including phenoxy) is 1. The number of hydrogen-bond donors (Lipinski definition) is 2. The lowest BCUT2D eigenvalue weighted by molar-refractivity contribution is 0.311. The van der Waals surface area contributed by atoms with E-state index in [9.17, 15) is 0 Å². The summed E-state index contributed by atoms with van der Waals surface area (Å²) in [5.41, 5.74) is 0. The number of hydrogen-bond acceptors (Lipinski definition) is 4. The summed E-state index contributed by atoms with van der Waals surface area (Å²) < 4.78 is 7.92. The first kappa shape index (κ1) is 18.2. The van der Waals surface area contributed by atoms with E-state index < -0.39 is 0 Å². The van der Waals surface area contributed by atoms with E-state index in [2.05, 4.69) is 37.3 Å². The molecule has 0 aliphatic carbocycles. The summed E-state index contributed by atoms with van der Waals surface area (Å²) in [4.78, 5) is 4.65. The molecular weight excluding hydrogens is 328 g/mol. The fourth-order valence-electron chi connectivity index (χ4n) is 2.96. The predicted molar refractivity (Wildman–Crippen MR) is 102 cm³/mol. The van der Waals surface area contributed by atoms with Crippen LogP contribution in [0.5, 0.6) is 5.75 Å². The van der Waals surface area contributed by atoms with Crippen LogP contribution in [0.4, 0.5) is 0 Å². The Bertz CT molecular complexity index is 697. The molecule has 26 heavy (non-hydrogen) atoms. The van der Waals surface area contributed by atoms with Gasteiger partial charge in [0, 0.05) is 26.1 Å². The van der Waals surface area contributed by atoms with Gasteiger partial charge in [-0.05, 0) is 38.3 Å². The molecule has 0 saturated heterocycles. The molecule has 0 bridgehead atoms. The van der Waals surface area contributed by atoms with Gasteiger partial charge in [0.15, 0.2) is 11.8 Å². The highest BCUT2D eigenvalue weighted by molar-refractivity contribution is 5.79. The Balaban J connectivity index is 1.44. The molecule has 1 aromatic carbocycles. The fraction of sp³-hybridized carbons (Fsp3) is 0.526. The molecular formula is C19H28N6O. The minimum atomic E-state index is 0.544. The molecule has 0 amide bonds. The van der Waals surface area contributed by atoms with Crippen molar-refractivity contribution in [1.82, 2.24) is 25.4 Å². The van der Waals surface area contributed by atoms with Crippen LogP contribution in [-0.2, 0) is 19.5 Å². The van der Waals surface area contributed by atoms with E-state index >= 15 is 0 Å². The van der Waals surface area contributed by atoms with Gasteiger partial charge in [-0.15, -0.1) is 10.2 Å². The molecule has 1 aliphatic rings.